The van der Waals surface area contributed by atoms with Crippen molar-refractivity contribution in [3.05, 3.63) is 54.0 Å². The number of nitrogens with zero attached hydrogens (tertiary/aromatic N) is 3. The number of furan rings is 1. The van der Waals surface area contributed by atoms with Crippen LogP contribution in [0.2, 0.25) is 0 Å². The van der Waals surface area contributed by atoms with Crippen LogP contribution in [0.1, 0.15) is 17.4 Å². The molecule has 0 spiro atoms. The minimum atomic E-state index is -0.101. The molecule has 1 aromatic carbocycles. The average Bonchev–Trinajstić information content (AvgIpc) is 3.23. The van der Waals surface area contributed by atoms with E-state index in [1.807, 2.05) is 38.2 Å². The summed E-state index contributed by atoms with van der Waals surface area (Å²) >= 11 is 0. The summed E-state index contributed by atoms with van der Waals surface area (Å²) in [5.41, 5.74) is 2.30. The van der Waals surface area contributed by atoms with E-state index in [4.69, 9.17) is 9.15 Å². The molecule has 1 atom stereocenters. The van der Waals surface area contributed by atoms with Gasteiger partial charge in [0.1, 0.15) is 5.76 Å². The third kappa shape index (κ3) is 5.27. The molecule has 1 aliphatic heterocycles. The van der Waals surface area contributed by atoms with Gasteiger partial charge in [0.15, 0.2) is 0 Å². The molecule has 0 radical (unpaired) electrons. The lowest BCUT2D eigenvalue weighted by Gasteiger charge is -2.29. The van der Waals surface area contributed by atoms with Gasteiger partial charge in [0.2, 0.25) is 0 Å². The zero-order valence-corrected chi connectivity index (χ0v) is 16.9. The topological polar surface area (TPSA) is 61.2 Å². The second kappa shape index (κ2) is 9.61. The molecule has 3 rings (SSSR count). The minimum absolute atomic E-state index is 0.000144. The van der Waals surface area contributed by atoms with Gasteiger partial charge in [0.25, 0.3) is 0 Å². The molecule has 1 aliphatic rings. The molecule has 0 aliphatic carbocycles. The lowest BCUT2D eigenvalue weighted by Crippen LogP contribution is -2.41. The molecule has 1 fully saturated rings. The van der Waals surface area contributed by atoms with Crippen LogP contribution in [0, 0.1) is 0 Å². The van der Waals surface area contributed by atoms with Crippen molar-refractivity contribution in [2.75, 3.05) is 58.9 Å². The quantitative estimate of drug-likeness (QED) is 0.793. The highest BCUT2D eigenvalue weighted by molar-refractivity contribution is 5.73. The first-order valence-electron chi connectivity index (χ1n) is 9.65. The molecule has 0 bridgehead atoms. The molecule has 0 saturated carbocycles. The van der Waals surface area contributed by atoms with E-state index in [-0.39, 0.29) is 12.1 Å². The first-order valence-corrected chi connectivity index (χ1v) is 9.65. The SMILES string of the molecule is CN(Cc1ccc(N2CCOCC2)cc1)C(=O)NCC(c1ccco1)N(C)C. The zero-order chi connectivity index (χ0) is 19.9. The van der Waals surface area contributed by atoms with Crippen LogP contribution in [0.3, 0.4) is 0 Å². The summed E-state index contributed by atoms with van der Waals surface area (Å²) in [5.74, 6) is 0.839. The Kier molecular flexibility index (Phi) is 6.95. The number of urea groups is 1. The lowest BCUT2D eigenvalue weighted by molar-refractivity contribution is 0.122. The normalized spacial score (nSPS) is 15.5. The van der Waals surface area contributed by atoms with E-state index in [0.29, 0.717) is 13.1 Å². The van der Waals surface area contributed by atoms with Crippen LogP contribution in [0.4, 0.5) is 10.5 Å². The van der Waals surface area contributed by atoms with E-state index < -0.39 is 0 Å². The molecule has 7 nitrogen and oxygen atoms in total. The maximum atomic E-state index is 12.5. The molecular weight excluding hydrogens is 356 g/mol. The number of likely N-dealkylation sites (N-methyl/N-ethyl adjacent to an activating group) is 1. The smallest absolute Gasteiger partial charge is 0.317 e. The Morgan fingerprint density at radius 2 is 1.86 bits per heavy atom. The van der Waals surface area contributed by atoms with E-state index in [0.717, 1.165) is 37.6 Å². The van der Waals surface area contributed by atoms with Crippen LogP contribution in [0.5, 0.6) is 0 Å². The highest BCUT2D eigenvalue weighted by Gasteiger charge is 2.19. The first kappa shape index (κ1) is 20.2. The van der Waals surface area contributed by atoms with Crippen LogP contribution in [-0.2, 0) is 11.3 Å². The van der Waals surface area contributed by atoms with Crippen molar-refractivity contribution in [3.8, 4) is 0 Å². The van der Waals surface area contributed by atoms with Gasteiger partial charge in [-0.2, -0.15) is 0 Å². The molecule has 152 valence electrons. The van der Waals surface area contributed by atoms with Crippen molar-refractivity contribution in [3.63, 3.8) is 0 Å². The Balaban J connectivity index is 1.50. The summed E-state index contributed by atoms with van der Waals surface area (Å²) in [7, 11) is 5.75. The number of nitrogens with one attached hydrogen (secondary N) is 1. The summed E-state index contributed by atoms with van der Waals surface area (Å²) < 4.78 is 10.9. The number of amides is 2. The fourth-order valence-electron chi connectivity index (χ4n) is 3.32. The second-order valence-electron chi connectivity index (χ2n) is 7.30. The summed E-state index contributed by atoms with van der Waals surface area (Å²) in [6.45, 7) is 4.43. The fraction of sp³-hybridized carbons (Fsp3) is 0.476. The predicted octanol–water partition coefficient (Wildman–Crippen LogP) is 2.56. The minimum Gasteiger partial charge on any atom is -0.468 e. The summed E-state index contributed by atoms with van der Waals surface area (Å²) in [6, 6.07) is 12.1. The van der Waals surface area contributed by atoms with Gasteiger partial charge in [-0.3, -0.25) is 4.90 Å². The number of morpholine rings is 1. The summed E-state index contributed by atoms with van der Waals surface area (Å²) in [5, 5.41) is 3.00. The third-order valence-electron chi connectivity index (χ3n) is 5.02. The van der Waals surface area contributed by atoms with Crippen LogP contribution in [0.15, 0.2) is 47.1 Å². The maximum absolute atomic E-state index is 12.5. The van der Waals surface area contributed by atoms with Crippen molar-refractivity contribution in [2.45, 2.75) is 12.6 Å². The number of hydrogen-bond acceptors (Lipinski definition) is 5. The number of benzene rings is 1. The van der Waals surface area contributed by atoms with Crippen molar-refractivity contribution < 1.29 is 13.9 Å². The van der Waals surface area contributed by atoms with Gasteiger partial charge in [-0.25, -0.2) is 4.79 Å². The number of carbonyl (C=O) groups excluding carboxylic acids is 1. The number of carbonyl (C=O) groups is 1. The molecule has 28 heavy (non-hydrogen) atoms. The highest BCUT2D eigenvalue weighted by atomic mass is 16.5. The average molecular weight is 386 g/mol. The van der Waals surface area contributed by atoms with E-state index in [1.54, 1.807) is 11.2 Å². The first-order chi connectivity index (χ1) is 13.5. The van der Waals surface area contributed by atoms with Crippen LogP contribution in [0.25, 0.3) is 0 Å². The predicted molar refractivity (Wildman–Crippen MR) is 109 cm³/mol. The fourth-order valence-corrected chi connectivity index (χ4v) is 3.32. The molecule has 2 heterocycles. The van der Waals surface area contributed by atoms with Crippen LogP contribution < -0.4 is 10.2 Å². The molecule has 2 aromatic rings. The lowest BCUT2D eigenvalue weighted by atomic mass is 10.2. The molecule has 7 heteroatoms. The Hall–Kier alpha value is -2.51. The summed E-state index contributed by atoms with van der Waals surface area (Å²) in [6.07, 6.45) is 1.65. The van der Waals surface area contributed by atoms with Crippen molar-refractivity contribution in [1.82, 2.24) is 15.1 Å². The molecular formula is C21H30N4O3. The number of ether oxygens (including phenoxy) is 1. The van der Waals surface area contributed by atoms with Gasteiger partial charge in [-0.05, 0) is 43.9 Å². The third-order valence-corrected chi connectivity index (χ3v) is 5.02. The molecule has 1 unspecified atom stereocenters. The van der Waals surface area contributed by atoms with Gasteiger partial charge in [0.05, 0.1) is 25.5 Å². The molecule has 1 aromatic heterocycles. The largest absolute Gasteiger partial charge is 0.468 e. The van der Waals surface area contributed by atoms with Gasteiger partial charge < -0.3 is 24.3 Å². The Labute approximate surface area is 166 Å². The van der Waals surface area contributed by atoms with Gasteiger partial charge >= 0.3 is 6.03 Å². The number of rotatable bonds is 7. The molecule has 1 N–H and O–H groups in total. The maximum Gasteiger partial charge on any atom is 0.317 e. The van der Waals surface area contributed by atoms with Crippen LogP contribution >= 0.6 is 0 Å². The highest BCUT2D eigenvalue weighted by Crippen LogP contribution is 2.19. The Morgan fingerprint density at radius 3 is 2.46 bits per heavy atom. The standard InChI is InChI=1S/C21H30N4O3/c1-23(2)19(20-5-4-12-28-20)15-22-21(26)24(3)16-17-6-8-18(9-7-17)25-10-13-27-14-11-25/h4-9,12,19H,10-11,13-16H2,1-3H3,(H,22,26). The number of hydrogen-bond donors (Lipinski definition) is 1. The van der Waals surface area contributed by atoms with Crippen molar-refractivity contribution in [1.29, 1.82) is 0 Å². The molecule has 2 amide bonds. The Bertz CT molecular complexity index is 725. The molecule has 1 saturated heterocycles. The zero-order valence-electron chi connectivity index (χ0n) is 16.9. The number of anilines is 1. The van der Waals surface area contributed by atoms with E-state index in [2.05, 4.69) is 34.5 Å². The Morgan fingerprint density at radius 1 is 1.14 bits per heavy atom. The van der Waals surface area contributed by atoms with Crippen molar-refractivity contribution in [2.24, 2.45) is 0 Å². The summed E-state index contributed by atoms with van der Waals surface area (Å²) in [4.78, 5) is 18.5. The van der Waals surface area contributed by atoms with Crippen molar-refractivity contribution >= 4 is 11.7 Å². The van der Waals surface area contributed by atoms with Crippen LogP contribution in [-0.4, -0.2) is 69.8 Å². The van der Waals surface area contributed by atoms with Gasteiger partial charge in [-0.15, -0.1) is 0 Å². The van der Waals surface area contributed by atoms with E-state index in [1.165, 1.54) is 5.69 Å². The van der Waals surface area contributed by atoms with E-state index >= 15 is 0 Å². The van der Waals surface area contributed by atoms with E-state index in [9.17, 15) is 4.79 Å². The monoisotopic (exact) mass is 386 g/mol. The van der Waals surface area contributed by atoms with Gasteiger partial charge in [-0.1, -0.05) is 12.1 Å². The van der Waals surface area contributed by atoms with Gasteiger partial charge in [0, 0.05) is 38.9 Å². The second-order valence-corrected chi connectivity index (χ2v) is 7.30.